The molecule has 0 aromatic rings. The van der Waals surface area contributed by atoms with Gasteiger partial charge in [0.2, 0.25) is 0 Å². The van der Waals surface area contributed by atoms with Crippen molar-refractivity contribution in [3.63, 3.8) is 0 Å². The normalized spacial score (nSPS) is 48.6. The third-order valence-corrected chi connectivity index (χ3v) is 3.92. The first kappa shape index (κ1) is 9.13. The minimum Gasteiger partial charge on any atom is -0.372 e. The van der Waals surface area contributed by atoms with Crippen LogP contribution in [-0.2, 0) is 4.74 Å². The van der Waals surface area contributed by atoms with Crippen LogP contribution in [0.5, 0.6) is 0 Å². The van der Waals surface area contributed by atoms with Gasteiger partial charge >= 0.3 is 0 Å². The van der Waals surface area contributed by atoms with Crippen molar-refractivity contribution in [1.82, 2.24) is 10.2 Å². The SMILES string of the molecule is CC1CC(N2CC3CCC(C2)O3)CN1. The first-order valence-corrected chi connectivity index (χ1v) is 5.94. The van der Waals surface area contributed by atoms with Crippen LogP contribution in [0, 0.1) is 0 Å². The predicted octanol–water partition coefficient (Wildman–Crippen LogP) is 0.600. The van der Waals surface area contributed by atoms with E-state index in [0.717, 1.165) is 6.04 Å². The van der Waals surface area contributed by atoms with E-state index < -0.39 is 0 Å². The summed E-state index contributed by atoms with van der Waals surface area (Å²) in [4.78, 5) is 2.66. The number of fused-ring (bicyclic) bond motifs is 2. The molecule has 3 nitrogen and oxygen atoms in total. The summed E-state index contributed by atoms with van der Waals surface area (Å²) in [6.07, 6.45) is 4.99. The summed E-state index contributed by atoms with van der Waals surface area (Å²) >= 11 is 0. The highest BCUT2D eigenvalue weighted by Crippen LogP contribution is 2.28. The van der Waals surface area contributed by atoms with Gasteiger partial charge in [-0.05, 0) is 26.2 Å². The minimum atomic E-state index is 0.546. The highest BCUT2D eigenvalue weighted by Gasteiger charge is 2.37. The molecule has 3 saturated heterocycles. The Balaban J connectivity index is 1.63. The maximum atomic E-state index is 5.85. The summed E-state index contributed by atoms with van der Waals surface area (Å²) in [5, 5.41) is 3.53. The van der Waals surface area contributed by atoms with Crippen LogP contribution < -0.4 is 5.32 Å². The zero-order valence-electron chi connectivity index (χ0n) is 8.91. The van der Waals surface area contributed by atoms with Crippen LogP contribution in [0.2, 0.25) is 0 Å². The van der Waals surface area contributed by atoms with Gasteiger partial charge in [-0.1, -0.05) is 0 Å². The molecular weight excluding hydrogens is 176 g/mol. The standard InChI is InChI=1S/C11H20N2O/c1-8-4-9(5-12-8)13-6-10-2-3-11(7-13)14-10/h8-12H,2-7H2,1H3. The van der Waals surface area contributed by atoms with E-state index in [2.05, 4.69) is 17.1 Å². The van der Waals surface area contributed by atoms with Gasteiger partial charge in [-0.15, -0.1) is 0 Å². The van der Waals surface area contributed by atoms with Gasteiger partial charge in [0.15, 0.2) is 0 Å². The number of nitrogens with zero attached hydrogens (tertiary/aromatic N) is 1. The molecule has 80 valence electrons. The van der Waals surface area contributed by atoms with Crippen LogP contribution in [0.25, 0.3) is 0 Å². The zero-order chi connectivity index (χ0) is 9.54. The number of nitrogens with one attached hydrogen (secondary N) is 1. The fraction of sp³-hybridized carbons (Fsp3) is 1.00. The summed E-state index contributed by atoms with van der Waals surface area (Å²) in [5.74, 6) is 0. The van der Waals surface area contributed by atoms with E-state index in [0.29, 0.717) is 18.2 Å². The number of morpholine rings is 1. The number of hydrogen-bond donors (Lipinski definition) is 1. The molecule has 3 aliphatic heterocycles. The van der Waals surface area contributed by atoms with Crippen molar-refractivity contribution in [2.24, 2.45) is 0 Å². The van der Waals surface area contributed by atoms with Crippen LogP contribution in [-0.4, -0.2) is 48.8 Å². The lowest BCUT2D eigenvalue weighted by molar-refractivity contribution is -0.0503. The van der Waals surface area contributed by atoms with E-state index in [1.807, 2.05) is 0 Å². The lowest BCUT2D eigenvalue weighted by atomic mass is 10.1. The maximum absolute atomic E-state index is 5.85. The molecular formula is C11H20N2O. The Morgan fingerprint density at radius 1 is 1.21 bits per heavy atom. The van der Waals surface area contributed by atoms with E-state index in [4.69, 9.17) is 4.74 Å². The summed E-state index contributed by atoms with van der Waals surface area (Å²) in [6.45, 7) is 5.82. The summed E-state index contributed by atoms with van der Waals surface area (Å²) in [6, 6.07) is 1.48. The molecule has 3 heterocycles. The molecule has 0 aromatic carbocycles. The smallest absolute Gasteiger partial charge is 0.0707 e. The van der Waals surface area contributed by atoms with Crippen LogP contribution >= 0.6 is 0 Å². The predicted molar refractivity (Wildman–Crippen MR) is 55.3 cm³/mol. The van der Waals surface area contributed by atoms with Gasteiger partial charge in [-0.2, -0.15) is 0 Å². The summed E-state index contributed by atoms with van der Waals surface area (Å²) in [5.41, 5.74) is 0. The van der Waals surface area contributed by atoms with Crippen molar-refractivity contribution < 1.29 is 4.74 Å². The Hall–Kier alpha value is -0.120. The van der Waals surface area contributed by atoms with Gasteiger partial charge in [0, 0.05) is 31.7 Å². The van der Waals surface area contributed by atoms with E-state index in [-0.39, 0.29) is 0 Å². The van der Waals surface area contributed by atoms with E-state index >= 15 is 0 Å². The molecule has 0 spiro atoms. The monoisotopic (exact) mass is 196 g/mol. The third-order valence-electron chi connectivity index (χ3n) is 3.92. The minimum absolute atomic E-state index is 0.546. The Kier molecular flexibility index (Phi) is 2.26. The lowest BCUT2D eigenvalue weighted by Crippen LogP contribution is -2.48. The molecule has 4 unspecified atom stereocenters. The Morgan fingerprint density at radius 3 is 2.50 bits per heavy atom. The molecule has 0 aromatic heterocycles. The van der Waals surface area contributed by atoms with Crippen LogP contribution in [0.15, 0.2) is 0 Å². The zero-order valence-corrected chi connectivity index (χ0v) is 8.91. The van der Waals surface area contributed by atoms with Crippen molar-refractivity contribution in [1.29, 1.82) is 0 Å². The molecule has 14 heavy (non-hydrogen) atoms. The van der Waals surface area contributed by atoms with Crippen LogP contribution in [0.4, 0.5) is 0 Å². The third kappa shape index (κ3) is 1.58. The van der Waals surface area contributed by atoms with E-state index in [1.165, 1.54) is 38.9 Å². The van der Waals surface area contributed by atoms with Gasteiger partial charge in [0.1, 0.15) is 0 Å². The quantitative estimate of drug-likeness (QED) is 0.664. The first-order valence-electron chi connectivity index (χ1n) is 5.94. The molecule has 0 aliphatic carbocycles. The molecule has 2 bridgehead atoms. The van der Waals surface area contributed by atoms with Crippen molar-refractivity contribution in [2.75, 3.05) is 19.6 Å². The van der Waals surface area contributed by atoms with Gasteiger partial charge < -0.3 is 10.1 Å². The summed E-state index contributed by atoms with van der Waals surface area (Å²) < 4.78 is 5.85. The molecule has 3 heteroatoms. The molecule has 3 aliphatic rings. The number of likely N-dealkylation sites (tertiary alicyclic amines) is 1. The Labute approximate surface area is 85.8 Å². The average Bonchev–Trinajstić information content (AvgIpc) is 2.73. The largest absolute Gasteiger partial charge is 0.372 e. The molecule has 0 radical (unpaired) electrons. The van der Waals surface area contributed by atoms with Crippen molar-refractivity contribution in [3.8, 4) is 0 Å². The van der Waals surface area contributed by atoms with E-state index in [9.17, 15) is 0 Å². The van der Waals surface area contributed by atoms with Gasteiger partial charge in [0.05, 0.1) is 12.2 Å². The average molecular weight is 196 g/mol. The van der Waals surface area contributed by atoms with Crippen molar-refractivity contribution in [2.45, 2.75) is 50.5 Å². The Bertz CT molecular complexity index is 209. The molecule has 4 atom stereocenters. The topological polar surface area (TPSA) is 24.5 Å². The summed E-state index contributed by atoms with van der Waals surface area (Å²) in [7, 11) is 0. The van der Waals surface area contributed by atoms with E-state index in [1.54, 1.807) is 0 Å². The second-order valence-corrected chi connectivity index (χ2v) is 5.11. The fourth-order valence-corrected chi connectivity index (χ4v) is 3.13. The highest BCUT2D eigenvalue weighted by atomic mass is 16.5. The number of ether oxygens (including phenoxy) is 1. The molecule has 3 fully saturated rings. The van der Waals surface area contributed by atoms with Gasteiger partial charge in [0.25, 0.3) is 0 Å². The maximum Gasteiger partial charge on any atom is 0.0707 e. The highest BCUT2D eigenvalue weighted by molar-refractivity contribution is 4.92. The number of hydrogen-bond acceptors (Lipinski definition) is 3. The lowest BCUT2D eigenvalue weighted by Gasteiger charge is -2.36. The second-order valence-electron chi connectivity index (χ2n) is 5.11. The van der Waals surface area contributed by atoms with Crippen LogP contribution in [0.3, 0.4) is 0 Å². The molecule has 1 N–H and O–H groups in total. The molecule has 3 rings (SSSR count). The molecule has 0 saturated carbocycles. The van der Waals surface area contributed by atoms with Gasteiger partial charge in [-0.3, -0.25) is 4.90 Å². The van der Waals surface area contributed by atoms with Crippen molar-refractivity contribution >= 4 is 0 Å². The molecule has 0 amide bonds. The second kappa shape index (κ2) is 3.47. The van der Waals surface area contributed by atoms with Crippen molar-refractivity contribution in [3.05, 3.63) is 0 Å². The van der Waals surface area contributed by atoms with Gasteiger partial charge in [-0.25, -0.2) is 0 Å². The Morgan fingerprint density at radius 2 is 1.93 bits per heavy atom. The fourth-order valence-electron chi connectivity index (χ4n) is 3.13. The first-order chi connectivity index (χ1) is 6.81. The number of rotatable bonds is 1. The van der Waals surface area contributed by atoms with Crippen LogP contribution in [0.1, 0.15) is 26.2 Å².